The third-order valence-corrected chi connectivity index (χ3v) is 6.47. The second-order valence-corrected chi connectivity index (χ2v) is 7.45. The number of carbonyl (C=O) groups is 1. The van der Waals surface area contributed by atoms with E-state index in [-0.39, 0.29) is 11.5 Å². The summed E-state index contributed by atoms with van der Waals surface area (Å²) >= 11 is 0. The van der Waals surface area contributed by atoms with E-state index in [2.05, 4.69) is 30.0 Å². The van der Waals surface area contributed by atoms with Gasteiger partial charge in [0.05, 0.1) is 6.61 Å². The lowest BCUT2D eigenvalue weighted by Gasteiger charge is -2.45. The van der Waals surface area contributed by atoms with Crippen LogP contribution in [0.1, 0.15) is 56.2 Å². The van der Waals surface area contributed by atoms with Crippen molar-refractivity contribution >= 4 is 6.09 Å². The van der Waals surface area contributed by atoms with Crippen LogP contribution in [0.25, 0.3) is 0 Å². The van der Waals surface area contributed by atoms with Crippen LogP contribution in [0.2, 0.25) is 0 Å². The lowest BCUT2D eigenvalue weighted by Crippen LogP contribution is -2.44. The molecule has 3 nitrogen and oxygen atoms in total. The van der Waals surface area contributed by atoms with E-state index in [1.54, 1.807) is 5.56 Å². The summed E-state index contributed by atoms with van der Waals surface area (Å²) in [6.07, 6.45) is 7.07. The molecule has 3 aliphatic rings. The molecule has 124 valence electrons. The second-order valence-electron chi connectivity index (χ2n) is 7.45. The monoisotopic (exact) mass is 313 g/mol. The number of ether oxygens (including phenoxy) is 1. The molecule has 3 heteroatoms. The van der Waals surface area contributed by atoms with Gasteiger partial charge in [0.15, 0.2) is 0 Å². The predicted octanol–water partition coefficient (Wildman–Crippen LogP) is 4.07. The number of likely N-dealkylation sites (tertiary alicyclic amines) is 1. The molecule has 0 spiro atoms. The first kappa shape index (κ1) is 15.0. The molecule has 0 radical (unpaired) electrons. The third kappa shape index (κ3) is 2.12. The number of nitrogens with zero attached hydrogens (tertiary/aromatic N) is 1. The number of rotatable bonds is 2. The number of amides is 1. The van der Waals surface area contributed by atoms with Gasteiger partial charge in [-0.15, -0.1) is 0 Å². The summed E-state index contributed by atoms with van der Waals surface area (Å²) in [5.41, 5.74) is 4.63. The average Bonchev–Trinajstić information content (AvgIpc) is 2.84. The Balaban J connectivity index is 1.79. The Hall–Kier alpha value is -1.51. The van der Waals surface area contributed by atoms with Crippen molar-refractivity contribution in [3.63, 3.8) is 0 Å². The average molecular weight is 313 g/mol. The Morgan fingerprint density at radius 2 is 2.22 bits per heavy atom. The van der Waals surface area contributed by atoms with Gasteiger partial charge in [-0.1, -0.05) is 38.0 Å². The van der Waals surface area contributed by atoms with Crippen molar-refractivity contribution in [1.82, 2.24) is 4.90 Å². The predicted molar refractivity (Wildman–Crippen MR) is 90.7 cm³/mol. The zero-order valence-corrected chi connectivity index (χ0v) is 14.3. The molecule has 1 aromatic rings. The first-order valence-corrected chi connectivity index (χ1v) is 9.25. The Morgan fingerprint density at radius 3 is 3.00 bits per heavy atom. The quantitative estimate of drug-likeness (QED) is 0.823. The normalized spacial score (nSPS) is 31.5. The summed E-state index contributed by atoms with van der Waals surface area (Å²) < 4.78 is 5.37. The molecule has 1 saturated carbocycles. The SMILES string of the molecule is CCOC(=O)N1CC23CCCCC2C1Cc1ccc(CC)cc13. The Morgan fingerprint density at radius 1 is 1.35 bits per heavy atom. The van der Waals surface area contributed by atoms with Crippen LogP contribution in [0.3, 0.4) is 0 Å². The van der Waals surface area contributed by atoms with Crippen LogP contribution in [-0.2, 0) is 23.0 Å². The number of aryl methyl sites for hydroxylation is 1. The first-order chi connectivity index (χ1) is 11.2. The number of hydrogen-bond acceptors (Lipinski definition) is 2. The highest BCUT2D eigenvalue weighted by atomic mass is 16.6. The van der Waals surface area contributed by atoms with Crippen molar-refractivity contribution in [1.29, 1.82) is 0 Å². The van der Waals surface area contributed by atoms with Gasteiger partial charge < -0.3 is 9.64 Å². The molecule has 3 unspecified atom stereocenters. The first-order valence-electron chi connectivity index (χ1n) is 9.25. The zero-order chi connectivity index (χ0) is 16.0. The van der Waals surface area contributed by atoms with Gasteiger partial charge in [-0.25, -0.2) is 4.79 Å². The smallest absolute Gasteiger partial charge is 0.410 e. The zero-order valence-electron chi connectivity index (χ0n) is 14.3. The highest BCUT2D eigenvalue weighted by Crippen LogP contribution is 2.56. The maximum atomic E-state index is 12.5. The van der Waals surface area contributed by atoms with Crippen molar-refractivity contribution < 1.29 is 9.53 Å². The number of hydrogen-bond donors (Lipinski definition) is 0. The van der Waals surface area contributed by atoms with E-state index in [0.29, 0.717) is 18.6 Å². The van der Waals surface area contributed by atoms with Crippen molar-refractivity contribution in [2.45, 2.75) is 63.8 Å². The minimum absolute atomic E-state index is 0.102. The summed E-state index contributed by atoms with van der Waals surface area (Å²) in [4.78, 5) is 14.6. The lowest BCUT2D eigenvalue weighted by atomic mass is 9.58. The van der Waals surface area contributed by atoms with Gasteiger partial charge >= 0.3 is 6.09 Å². The minimum atomic E-state index is -0.102. The molecule has 1 saturated heterocycles. The Bertz CT molecular complexity index is 626. The van der Waals surface area contributed by atoms with Crippen molar-refractivity contribution in [2.75, 3.05) is 13.2 Å². The molecule has 2 bridgehead atoms. The van der Waals surface area contributed by atoms with Crippen LogP contribution in [0.15, 0.2) is 18.2 Å². The van der Waals surface area contributed by atoms with Gasteiger partial charge in [0, 0.05) is 18.0 Å². The summed E-state index contributed by atoms with van der Waals surface area (Å²) in [5, 5.41) is 0. The molecule has 1 aromatic carbocycles. The van der Waals surface area contributed by atoms with Gasteiger partial charge in [-0.2, -0.15) is 0 Å². The summed E-state index contributed by atoms with van der Waals surface area (Å²) in [6.45, 7) is 5.45. The van der Waals surface area contributed by atoms with Crippen LogP contribution in [-0.4, -0.2) is 30.2 Å². The van der Waals surface area contributed by atoms with E-state index in [1.807, 2.05) is 6.92 Å². The van der Waals surface area contributed by atoms with E-state index in [9.17, 15) is 4.79 Å². The molecule has 2 fully saturated rings. The van der Waals surface area contributed by atoms with E-state index >= 15 is 0 Å². The fourth-order valence-corrected chi connectivity index (χ4v) is 5.45. The lowest BCUT2D eigenvalue weighted by molar-refractivity contribution is 0.0979. The standard InChI is InChI=1S/C20H27NO2/c1-3-14-8-9-15-12-18-16-7-5-6-10-20(16,17(15)11-14)13-21(18)19(22)23-4-2/h8-9,11,16,18H,3-7,10,12-13H2,1-2H3. The summed E-state index contributed by atoms with van der Waals surface area (Å²) in [6, 6.07) is 7.38. The largest absolute Gasteiger partial charge is 0.450 e. The fourth-order valence-electron chi connectivity index (χ4n) is 5.45. The van der Waals surface area contributed by atoms with Gasteiger partial charge in [0.1, 0.15) is 0 Å². The van der Waals surface area contributed by atoms with E-state index in [4.69, 9.17) is 4.74 Å². The van der Waals surface area contributed by atoms with Gasteiger partial charge in [-0.3, -0.25) is 0 Å². The molecule has 3 atom stereocenters. The molecule has 4 rings (SSSR count). The van der Waals surface area contributed by atoms with Gasteiger partial charge in [0.25, 0.3) is 0 Å². The van der Waals surface area contributed by atoms with Crippen molar-refractivity contribution in [3.8, 4) is 0 Å². The van der Waals surface area contributed by atoms with E-state index < -0.39 is 0 Å². The highest BCUT2D eigenvalue weighted by molar-refractivity contribution is 5.70. The Labute approximate surface area is 139 Å². The molecule has 23 heavy (non-hydrogen) atoms. The van der Waals surface area contributed by atoms with E-state index in [1.165, 1.54) is 36.8 Å². The number of carbonyl (C=O) groups excluding carboxylic acids is 1. The van der Waals surface area contributed by atoms with Crippen molar-refractivity contribution in [2.24, 2.45) is 5.92 Å². The molecule has 0 aromatic heterocycles. The number of benzene rings is 1. The maximum Gasteiger partial charge on any atom is 0.410 e. The molecule has 0 N–H and O–H groups in total. The molecular formula is C20H27NO2. The van der Waals surface area contributed by atoms with Crippen LogP contribution < -0.4 is 0 Å². The molecule has 1 heterocycles. The Kier molecular flexibility index (Phi) is 3.62. The van der Waals surface area contributed by atoms with Gasteiger partial charge in [0.2, 0.25) is 0 Å². The molecule has 2 aliphatic carbocycles. The second kappa shape index (κ2) is 5.54. The molecular weight excluding hydrogens is 286 g/mol. The van der Waals surface area contributed by atoms with Crippen molar-refractivity contribution in [3.05, 3.63) is 34.9 Å². The topological polar surface area (TPSA) is 29.5 Å². The highest BCUT2D eigenvalue weighted by Gasteiger charge is 2.58. The maximum absolute atomic E-state index is 12.5. The van der Waals surface area contributed by atoms with E-state index in [0.717, 1.165) is 19.4 Å². The molecule has 1 aliphatic heterocycles. The fraction of sp³-hybridized carbons (Fsp3) is 0.650. The van der Waals surface area contributed by atoms with Crippen LogP contribution in [0.4, 0.5) is 4.79 Å². The minimum Gasteiger partial charge on any atom is -0.450 e. The summed E-state index contributed by atoms with van der Waals surface area (Å²) in [7, 11) is 0. The van der Waals surface area contributed by atoms with Crippen LogP contribution >= 0.6 is 0 Å². The van der Waals surface area contributed by atoms with Crippen LogP contribution in [0, 0.1) is 5.92 Å². The molecule has 1 amide bonds. The number of fused-ring (bicyclic) bond motifs is 1. The summed E-state index contributed by atoms with van der Waals surface area (Å²) in [5.74, 6) is 0.625. The van der Waals surface area contributed by atoms with Crippen LogP contribution in [0.5, 0.6) is 0 Å². The van der Waals surface area contributed by atoms with Gasteiger partial charge in [-0.05, 0) is 55.2 Å². The third-order valence-electron chi connectivity index (χ3n) is 6.47.